The van der Waals surface area contributed by atoms with Gasteiger partial charge in [0, 0.05) is 0 Å². The largest absolute Gasteiger partial charge is 0.660 e. The maximum Gasteiger partial charge on any atom is 0.222 e. The molecule has 1 aliphatic rings. The minimum atomic E-state index is 0.121. The van der Waals surface area contributed by atoms with E-state index < -0.39 is 0 Å². The molecule has 0 bridgehead atoms. The van der Waals surface area contributed by atoms with Crippen molar-refractivity contribution in [2.24, 2.45) is 0 Å². The normalized spacial score (nSPS) is 23.2. The summed E-state index contributed by atoms with van der Waals surface area (Å²) in [5, 5.41) is 7.14. The minimum Gasteiger partial charge on any atom is -0.660 e. The Morgan fingerprint density at radius 2 is 2.62 bits per heavy atom. The molecule has 1 aliphatic heterocycles. The summed E-state index contributed by atoms with van der Waals surface area (Å²) < 4.78 is 6.34. The zero-order chi connectivity index (χ0) is 9.10. The van der Waals surface area contributed by atoms with Crippen molar-refractivity contribution in [3.63, 3.8) is 0 Å². The first kappa shape index (κ1) is 8.50. The molecule has 0 spiro atoms. The zero-order valence-electron chi connectivity index (χ0n) is 7.49. The average molecular weight is 182 g/mol. The number of hydrogen-bond donors (Lipinski definition) is 1. The molecule has 1 fully saturated rings. The van der Waals surface area contributed by atoms with Crippen molar-refractivity contribution < 1.29 is 9.20 Å². The lowest BCUT2D eigenvalue weighted by molar-refractivity contribution is -0.764. The molecular weight excluding hydrogens is 168 g/mol. The molecule has 1 aromatic heterocycles. The molecule has 1 saturated heterocycles. The van der Waals surface area contributed by atoms with E-state index in [1.165, 1.54) is 19.3 Å². The van der Waals surface area contributed by atoms with Gasteiger partial charge in [0.15, 0.2) is 11.8 Å². The summed E-state index contributed by atoms with van der Waals surface area (Å²) in [5.74, 6) is 0.121. The molecule has 0 amide bonds. The zero-order valence-corrected chi connectivity index (χ0v) is 7.49. The number of aromatic nitrogens is 2. The Morgan fingerprint density at radius 1 is 1.69 bits per heavy atom. The number of nitrogens with one attached hydrogen (secondary N) is 2. The smallest absolute Gasteiger partial charge is 0.222 e. The summed E-state index contributed by atoms with van der Waals surface area (Å²) in [5.41, 5.74) is 7.16. The Labute approximate surface area is 76.9 Å². The predicted octanol–water partition coefficient (Wildman–Crippen LogP) is 0.788. The van der Waals surface area contributed by atoms with E-state index in [1.807, 2.05) is 0 Å². The maximum absolute atomic E-state index is 7.16. The molecule has 0 aliphatic carbocycles. The Bertz CT molecular complexity index is 267. The Hall–Kier alpha value is -1.10. The van der Waals surface area contributed by atoms with Crippen LogP contribution in [0.1, 0.15) is 19.3 Å². The van der Waals surface area contributed by atoms with Gasteiger partial charge in [-0.1, -0.05) is 11.1 Å². The van der Waals surface area contributed by atoms with Gasteiger partial charge in [-0.05, 0) is 19.4 Å². The third-order valence-electron chi connectivity index (χ3n) is 2.33. The third-order valence-corrected chi connectivity index (χ3v) is 2.33. The summed E-state index contributed by atoms with van der Waals surface area (Å²) in [6, 6.07) is 0.489. The van der Waals surface area contributed by atoms with Gasteiger partial charge in [0.25, 0.3) is 0 Å². The Morgan fingerprint density at radius 3 is 3.23 bits per heavy atom. The third kappa shape index (κ3) is 2.18. The van der Waals surface area contributed by atoms with Gasteiger partial charge >= 0.3 is 0 Å². The van der Waals surface area contributed by atoms with Crippen LogP contribution < -0.4 is 10.00 Å². The van der Waals surface area contributed by atoms with Crippen LogP contribution in [0.4, 0.5) is 5.88 Å². The van der Waals surface area contributed by atoms with E-state index in [0.29, 0.717) is 6.04 Å². The first-order valence-corrected chi connectivity index (χ1v) is 4.66. The lowest BCUT2D eigenvalue weighted by atomic mass is 10.1. The second kappa shape index (κ2) is 3.74. The van der Waals surface area contributed by atoms with Crippen molar-refractivity contribution in [2.45, 2.75) is 31.8 Å². The van der Waals surface area contributed by atoms with Crippen LogP contribution in [0.5, 0.6) is 0 Å². The molecule has 0 aromatic carbocycles. The van der Waals surface area contributed by atoms with E-state index in [1.54, 1.807) is 10.9 Å². The Balaban J connectivity index is 1.89. The van der Waals surface area contributed by atoms with Crippen molar-refractivity contribution >= 4 is 5.88 Å². The van der Waals surface area contributed by atoms with Crippen LogP contribution in [-0.4, -0.2) is 17.9 Å². The molecule has 0 radical (unpaired) electrons. The fraction of sp³-hybridized carbons (Fsp3) is 0.750. The summed E-state index contributed by atoms with van der Waals surface area (Å²) in [7, 11) is 0. The van der Waals surface area contributed by atoms with E-state index >= 15 is 0 Å². The SMILES string of the molecule is [NH-]c1c[n+](CC2CCCCN2)no1. The van der Waals surface area contributed by atoms with Crippen LogP contribution in [0.25, 0.3) is 5.73 Å². The van der Waals surface area contributed by atoms with Crippen molar-refractivity contribution in [2.75, 3.05) is 6.54 Å². The monoisotopic (exact) mass is 182 g/mol. The van der Waals surface area contributed by atoms with Gasteiger partial charge in [0.1, 0.15) is 5.88 Å². The van der Waals surface area contributed by atoms with Gasteiger partial charge in [0.05, 0.1) is 6.04 Å². The van der Waals surface area contributed by atoms with Crippen molar-refractivity contribution in [3.8, 4) is 0 Å². The lowest BCUT2D eigenvalue weighted by Crippen LogP contribution is -2.48. The van der Waals surface area contributed by atoms with Crippen molar-refractivity contribution in [1.29, 1.82) is 0 Å². The van der Waals surface area contributed by atoms with Gasteiger partial charge in [-0.15, -0.1) is 0 Å². The second-order valence-corrected chi connectivity index (χ2v) is 3.44. The predicted molar refractivity (Wildman–Crippen MR) is 46.3 cm³/mol. The van der Waals surface area contributed by atoms with E-state index in [-0.39, 0.29) is 5.88 Å². The molecule has 1 aromatic rings. The highest BCUT2D eigenvalue weighted by Gasteiger charge is 2.18. The molecule has 2 N–H and O–H groups in total. The van der Waals surface area contributed by atoms with E-state index in [9.17, 15) is 0 Å². The van der Waals surface area contributed by atoms with E-state index in [2.05, 4.69) is 15.1 Å². The van der Waals surface area contributed by atoms with Crippen LogP contribution in [0.3, 0.4) is 0 Å². The highest BCUT2D eigenvalue weighted by Crippen LogP contribution is 2.07. The van der Waals surface area contributed by atoms with Crippen LogP contribution in [0, 0.1) is 0 Å². The van der Waals surface area contributed by atoms with E-state index in [0.717, 1.165) is 13.1 Å². The summed E-state index contributed by atoms with van der Waals surface area (Å²) in [6.07, 6.45) is 5.34. The van der Waals surface area contributed by atoms with Crippen LogP contribution in [-0.2, 0) is 6.54 Å². The average Bonchev–Trinajstić information content (AvgIpc) is 2.53. The molecule has 5 heteroatoms. The van der Waals surface area contributed by atoms with Gasteiger partial charge in [-0.3, -0.25) is 0 Å². The molecule has 2 rings (SSSR count). The summed E-state index contributed by atoms with van der Waals surface area (Å²) >= 11 is 0. The molecule has 5 nitrogen and oxygen atoms in total. The van der Waals surface area contributed by atoms with Gasteiger partial charge in [-0.2, -0.15) is 0 Å². The highest BCUT2D eigenvalue weighted by molar-refractivity contribution is 5.19. The van der Waals surface area contributed by atoms with Crippen LogP contribution >= 0.6 is 0 Å². The molecular formula is C8H14N4O. The fourth-order valence-corrected chi connectivity index (χ4v) is 1.67. The Kier molecular flexibility index (Phi) is 2.44. The van der Waals surface area contributed by atoms with Gasteiger partial charge in [0.2, 0.25) is 6.20 Å². The number of rotatable bonds is 2. The minimum absolute atomic E-state index is 0.121. The summed E-state index contributed by atoms with van der Waals surface area (Å²) in [4.78, 5) is 0. The summed E-state index contributed by atoms with van der Waals surface area (Å²) in [6.45, 7) is 1.90. The number of hydrogen-bond acceptors (Lipinski definition) is 3. The van der Waals surface area contributed by atoms with Crippen LogP contribution in [0.15, 0.2) is 10.7 Å². The quantitative estimate of drug-likeness (QED) is 0.687. The topological polar surface area (TPSA) is 65.7 Å². The first-order chi connectivity index (χ1) is 6.34. The maximum atomic E-state index is 7.16. The molecule has 1 unspecified atom stereocenters. The standard InChI is InChI=1S/C8H14N4O/c9-8-6-12(11-13-8)5-7-3-1-2-4-10-7/h6-7,9-10H,1-5H2. The molecule has 1 atom stereocenters. The van der Waals surface area contributed by atoms with Crippen molar-refractivity contribution in [3.05, 3.63) is 11.9 Å². The van der Waals surface area contributed by atoms with Crippen LogP contribution in [0.2, 0.25) is 0 Å². The molecule has 72 valence electrons. The first-order valence-electron chi connectivity index (χ1n) is 4.66. The molecule has 13 heavy (non-hydrogen) atoms. The van der Waals surface area contributed by atoms with E-state index in [4.69, 9.17) is 5.73 Å². The van der Waals surface area contributed by atoms with Gasteiger partial charge in [-0.25, -0.2) is 0 Å². The van der Waals surface area contributed by atoms with Gasteiger partial charge < -0.3 is 15.6 Å². The second-order valence-electron chi connectivity index (χ2n) is 3.44. The molecule has 0 saturated carbocycles. The lowest BCUT2D eigenvalue weighted by Gasteiger charge is -2.19. The number of nitrogens with zero attached hydrogens (tertiary/aromatic N) is 2. The molecule has 2 heterocycles. The van der Waals surface area contributed by atoms with Crippen molar-refractivity contribution in [1.82, 2.24) is 10.6 Å². The number of piperidine rings is 1. The fourth-order valence-electron chi connectivity index (χ4n) is 1.67. The highest BCUT2D eigenvalue weighted by atomic mass is 16.5.